The molecule has 0 unspecified atom stereocenters. The lowest BCUT2D eigenvalue weighted by atomic mass is 10.2. The number of halogens is 2. The number of fused-ring (bicyclic) bond motifs is 1. The van der Waals surface area contributed by atoms with Crippen molar-refractivity contribution < 1.29 is 13.5 Å². The number of aromatic nitrogens is 5. The molecule has 0 bridgehead atoms. The zero-order chi connectivity index (χ0) is 21.1. The summed E-state index contributed by atoms with van der Waals surface area (Å²) >= 11 is 1.30. The van der Waals surface area contributed by atoms with E-state index in [2.05, 4.69) is 21.8 Å². The minimum absolute atomic E-state index is 0.222. The Hall–Kier alpha value is -3.20. The Morgan fingerprint density at radius 3 is 2.67 bits per heavy atom. The van der Waals surface area contributed by atoms with E-state index in [4.69, 9.17) is 4.74 Å². The van der Waals surface area contributed by atoms with Crippen molar-refractivity contribution in [2.24, 2.45) is 0 Å². The standard InChI is InChI=1S/C21H19F2N5OS/c1-3-12-27-19(14-8-4-7-11-17(14)29-2)25-26-21(27)30-13-18-24-15-9-5-6-10-16(15)28(18)20(22)23/h3-11,20H,1,12-13H2,2H3. The van der Waals surface area contributed by atoms with Crippen LogP contribution in [0.25, 0.3) is 22.4 Å². The van der Waals surface area contributed by atoms with Crippen molar-refractivity contribution >= 4 is 22.8 Å². The molecule has 2 aromatic carbocycles. The summed E-state index contributed by atoms with van der Waals surface area (Å²) in [5.41, 5.74) is 1.74. The van der Waals surface area contributed by atoms with Crippen LogP contribution in [-0.2, 0) is 12.3 Å². The van der Waals surface area contributed by atoms with Crippen LogP contribution in [0.2, 0.25) is 0 Å². The smallest absolute Gasteiger partial charge is 0.320 e. The first-order valence-electron chi connectivity index (χ1n) is 9.18. The van der Waals surface area contributed by atoms with Crippen molar-refractivity contribution in [3.8, 4) is 17.1 Å². The molecular weight excluding hydrogens is 408 g/mol. The highest BCUT2D eigenvalue weighted by Crippen LogP contribution is 2.33. The average molecular weight is 427 g/mol. The summed E-state index contributed by atoms with van der Waals surface area (Å²) < 4.78 is 35.6. The number of ether oxygens (including phenoxy) is 1. The molecule has 0 fully saturated rings. The van der Waals surface area contributed by atoms with Crippen LogP contribution in [0.1, 0.15) is 12.4 Å². The van der Waals surface area contributed by atoms with Crippen LogP contribution >= 0.6 is 11.8 Å². The largest absolute Gasteiger partial charge is 0.496 e. The number of benzene rings is 2. The molecule has 0 radical (unpaired) electrons. The highest BCUT2D eigenvalue weighted by Gasteiger charge is 2.20. The maximum atomic E-state index is 13.7. The molecule has 0 aliphatic carbocycles. The van der Waals surface area contributed by atoms with Gasteiger partial charge in [0, 0.05) is 6.54 Å². The first kappa shape index (κ1) is 20.1. The van der Waals surface area contributed by atoms with E-state index in [0.29, 0.717) is 34.3 Å². The molecule has 9 heteroatoms. The third-order valence-electron chi connectivity index (χ3n) is 4.57. The van der Waals surface area contributed by atoms with Crippen molar-refractivity contribution in [1.82, 2.24) is 24.3 Å². The van der Waals surface area contributed by atoms with Crippen LogP contribution in [0, 0.1) is 0 Å². The molecular formula is C21H19F2N5OS. The number of hydrogen-bond acceptors (Lipinski definition) is 5. The molecule has 4 aromatic rings. The number of hydrogen-bond donors (Lipinski definition) is 0. The lowest BCUT2D eigenvalue weighted by Gasteiger charge is -2.11. The van der Waals surface area contributed by atoms with Gasteiger partial charge in [0.15, 0.2) is 11.0 Å². The number of alkyl halides is 2. The van der Waals surface area contributed by atoms with Crippen LogP contribution in [0.5, 0.6) is 5.75 Å². The molecule has 0 saturated carbocycles. The molecule has 154 valence electrons. The normalized spacial score (nSPS) is 11.3. The van der Waals surface area contributed by atoms with Crippen molar-refractivity contribution in [2.45, 2.75) is 24.0 Å². The van der Waals surface area contributed by atoms with Gasteiger partial charge in [-0.1, -0.05) is 42.1 Å². The first-order chi connectivity index (χ1) is 14.6. The van der Waals surface area contributed by atoms with Crippen LogP contribution in [-0.4, -0.2) is 31.4 Å². The molecule has 0 atom stereocenters. The van der Waals surface area contributed by atoms with Gasteiger partial charge in [-0.25, -0.2) is 4.98 Å². The second-order valence-electron chi connectivity index (χ2n) is 6.36. The maximum Gasteiger partial charge on any atom is 0.320 e. The number of thioether (sulfide) groups is 1. The van der Waals surface area contributed by atoms with E-state index >= 15 is 0 Å². The third-order valence-corrected chi connectivity index (χ3v) is 5.53. The fraction of sp³-hybridized carbons (Fsp3) is 0.190. The number of imidazole rings is 1. The zero-order valence-electron chi connectivity index (χ0n) is 16.2. The number of allylic oxidation sites excluding steroid dienone is 1. The number of rotatable bonds is 8. The Balaban J connectivity index is 1.68. The van der Waals surface area contributed by atoms with Gasteiger partial charge >= 0.3 is 6.55 Å². The van der Waals surface area contributed by atoms with E-state index in [1.165, 1.54) is 11.8 Å². The topological polar surface area (TPSA) is 57.8 Å². The van der Waals surface area contributed by atoms with E-state index in [-0.39, 0.29) is 11.6 Å². The van der Waals surface area contributed by atoms with Crippen molar-refractivity contribution in [1.29, 1.82) is 0 Å². The fourth-order valence-corrected chi connectivity index (χ4v) is 4.14. The van der Waals surface area contributed by atoms with Crippen molar-refractivity contribution in [2.75, 3.05) is 7.11 Å². The molecule has 2 aromatic heterocycles. The lowest BCUT2D eigenvalue weighted by Crippen LogP contribution is -2.05. The Morgan fingerprint density at radius 2 is 1.90 bits per heavy atom. The van der Waals surface area contributed by atoms with E-state index in [1.807, 2.05) is 28.8 Å². The molecule has 2 heterocycles. The molecule has 4 rings (SSSR count). The number of nitrogens with zero attached hydrogens (tertiary/aromatic N) is 5. The summed E-state index contributed by atoms with van der Waals surface area (Å²) in [4.78, 5) is 4.38. The van der Waals surface area contributed by atoms with Crippen LogP contribution in [0.3, 0.4) is 0 Å². The maximum absolute atomic E-state index is 13.7. The predicted molar refractivity (Wildman–Crippen MR) is 113 cm³/mol. The highest BCUT2D eigenvalue weighted by atomic mass is 32.2. The number of methoxy groups -OCH3 is 1. The van der Waals surface area contributed by atoms with Gasteiger partial charge in [-0.3, -0.25) is 9.13 Å². The second kappa shape index (κ2) is 8.66. The lowest BCUT2D eigenvalue weighted by molar-refractivity contribution is 0.0722. The van der Waals surface area contributed by atoms with Crippen molar-refractivity contribution in [3.63, 3.8) is 0 Å². The molecule has 0 N–H and O–H groups in total. The van der Waals surface area contributed by atoms with Gasteiger partial charge in [-0.15, -0.1) is 16.8 Å². The molecule has 0 spiro atoms. The Morgan fingerprint density at radius 1 is 1.13 bits per heavy atom. The van der Waals surface area contributed by atoms with Gasteiger partial charge in [0.2, 0.25) is 0 Å². The summed E-state index contributed by atoms with van der Waals surface area (Å²) in [6.07, 6.45) is 1.74. The van der Waals surface area contributed by atoms with Gasteiger partial charge in [0.25, 0.3) is 0 Å². The molecule has 0 aliphatic rings. The Labute approximate surface area is 176 Å². The quantitative estimate of drug-likeness (QED) is 0.287. The fourth-order valence-electron chi connectivity index (χ4n) is 3.26. The minimum atomic E-state index is -2.68. The van der Waals surface area contributed by atoms with Gasteiger partial charge in [-0.2, -0.15) is 8.78 Å². The average Bonchev–Trinajstić information content (AvgIpc) is 3.33. The monoisotopic (exact) mass is 427 g/mol. The summed E-state index contributed by atoms with van der Waals surface area (Å²) in [6, 6.07) is 14.4. The van der Waals surface area contributed by atoms with Crippen LogP contribution in [0.4, 0.5) is 8.78 Å². The van der Waals surface area contributed by atoms with Gasteiger partial charge < -0.3 is 4.74 Å². The SMILES string of the molecule is C=CCn1c(SCc2nc3ccccc3n2C(F)F)nnc1-c1ccccc1OC. The Bertz CT molecular complexity index is 1190. The zero-order valence-corrected chi connectivity index (χ0v) is 17.0. The van der Waals surface area contributed by atoms with E-state index < -0.39 is 6.55 Å². The first-order valence-corrected chi connectivity index (χ1v) is 10.2. The third kappa shape index (κ3) is 3.68. The van der Waals surface area contributed by atoms with E-state index in [9.17, 15) is 8.78 Å². The molecule has 6 nitrogen and oxygen atoms in total. The molecule has 0 aliphatic heterocycles. The molecule has 30 heavy (non-hydrogen) atoms. The molecule has 0 saturated heterocycles. The molecule has 0 amide bonds. The van der Waals surface area contributed by atoms with Gasteiger partial charge in [-0.05, 0) is 24.3 Å². The summed E-state index contributed by atoms with van der Waals surface area (Å²) in [6.45, 7) is 1.59. The van der Waals surface area contributed by atoms with Crippen molar-refractivity contribution in [3.05, 3.63) is 67.0 Å². The van der Waals surface area contributed by atoms with Crippen LogP contribution < -0.4 is 4.74 Å². The minimum Gasteiger partial charge on any atom is -0.496 e. The predicted octanol–water partition coefficient (Wildman–Crippen LogP) is 5.18. The Kier molecular flexibility index (Phi) is 5.80. The van der Waals surface area contributed by atoms with Gasteiger partial charge in [0.1, 0.15) is 11.6 Å². The number of para-hydroxylation sites is 3. The summed E-state index contributed by atoms with van der Waals surface area (Å²) in [7, 11) is 1.59. The summed E-state index contributed by atoms with van der Waals surface area (Å²) in [5.74, 6) is 1.80. The van der Waals surface area contributed by atoms with Gasteiger partial charge in [0.05, 0.1) is 29.5 Å². The van der Waals surface area contributed by atoms with Crippen LogP contribution in [0.15, 0.2) is 66.3 Å². The van der Waals surface area contributed by atoms with E-state index in [1.54, 1.807) is 37.5 Å². The van der Waals surface area contributed by atoms with E-state index in [0.717, 1.165) is 10.1 Å². The highest BCUT2D eigenvalue weighted by molar-refractivity contribution is 7.98. The summed E-state index contributed by atoms with van der Waals surface area (Å²) in [5, 5.41) is 9.18. The second-order valence-corrected chi connectivity index (χ2v) is 7.30.